The molecule has 2 saturated heterocycles. The summed E-state index contributed by atoms with van der Waals surface area (Å²) < 4.78 is 33.4. The smallest absolute Gasteiger partial charge is 0.331 e. The Morgan fingerprint density at radius 1 is 0.722 bits per heavy atom. The van der Waals surface area contributed by atoms with Gasteiger partial charge in [-0.2, -0.15) is 0 Å². The summed E-state index contributed by atoms with van der Waals surface area (Å²) in [7, 11) is 0. The molecule has 4 unspecified atom stereocenters. The summed E-state index contributed by atoms with van der Waals surface area (Å²) in [5.74, 6) is 0.541. The number of hydrogen-bond donors (Lipinski definition) is 0. The van der Waals surface area contributed by atoms with Gasteiger partial charge in [-0.3, -0.25) is 0 Å². The Kier molecular flexibility index (Phi) is 8.76. The summed E-state index contributed by atoms with van der Waals surface area (Å²) in [6.45, 7) is 5.38. The van der Waals surface area contributed by atoms with Crippen LogP contribution < -0.4 is 9.47 Å². The molecule has 0 aromatic heterocycles. The molecular weight excluding hydrogens is 464 g/mol. The molecule has 0 amide bonds. The Bertz CT molecular complexity index is 986. The van der Waals surface area contributed by atoms with Crippen LogP contribution in [0.5, 0.6) is 11.5 Å². The molecule has 2 aromatic rings. The number of fused-ring (bicyclic) bond motifs is 1. The van der Waals surface area contributed by atoms with Crippen LogP contribution in [0.4, 0.5) is 0 Å². The molecule has 0 saturated carbocycles. The SMILES string of the molecule is CCOc1ccc(C=CC(=O)OC2COC3C(OC(=O)C=Cc4ccc(OCC)cc4)COC23)cc1. The van der Waals surface area contributed by atoms with Gasteiger partial charge in [0.25, 0.3) is 0 Å². The Hall–Kier alpha value is -3.62. The highest BCUT2D eigenvalue weighted by molar-refractivity contribution is 5.87. The van der Waals surface area contributed by atoms with E-state index in [-0.39, 0.29) is 13.2 Å². The molecular formula is C28H30O8. The standard InChI is InChI=1S/C28H30O8/c1-3-31-21-11-5-19(6-12-21)9-15-25(29)35-23-17-33-28-24(18-34-27(23)28)36-26(30)16-10-20-7-13-22(14-8-20)32-4-2/h5-16,23-24,27-28H,3-4,17-18H2,1-2H3. The van der Waals surface area contributed by atoms with Crippen LogP contribution in [0, 0.1) is 0 Å². The van der Waals surface area contributed by atoms with Crippen molar-refractivity contribution in [3.63, 3.8) is 0 Å². The first-order valence-corrected chi connectivity index (χ1v) is 12.0. The Balaban J connectivity index is 1.24. The lowest BCUT2D eigenvalue weighted by molar-refractivity contribution is -0.149. The molecule has 0 aliphatic carbocycles. The fraction of sp³-hybridized carbons (Fsp3) is 0.357. The number of ether oxygens (including phenoxy) is 6. The quantitative estimate of drug-likeness (QED) is 0.364. The van der Waals surface area contributed by atoms with Crippen LogP contribution in [0.1, 0.15) is 25.0 Å². The highest BCUT2D eigenvalue weighted by atomic mass is 16.7. The van der Waals surface area contributed by atoms with E-state index < -0.39 is 36.4 Å². The third kappa shape index (κ3) is 6.74. The van der Waals surface area contributed by atoms with Crippen molar-refractivity contribution in [3.05, 3.63) is 71.8 Å². The van der Waals surface area contributed by atoms with Gasteiger partial charge >= 0.3 is 11.9 Å². The van der Waals surface area contributed by atoms with E-state index in [0.717, 1.165) is 22.6 Å². The molecule has 36 heavy (non-hydrogen) atoms. The van der Waals surface area contributed by atoms with E-state index in [0.29, 0.717) is 13.2 Å². The zero-order valence-corrected chi connectivity index (χ0v) is 20.3. The van der Waals surface area contributed by atoms with Gasteiger partial charge in [-0.25, -0.2) is 9.59 Å². The van der Waals surface area contributed by atoms with Gasteiger partial charge in [0.15, 0.2) is 12.2 Å². The van der Waals surface area contributed by atoms with Crippen LogP contribution in [-0.2, 0) is 28.5 Å². The van der Waals surface area contributed by atoms with Crippen molar-refractivity contribution in [2.24, 2.45) is 0 Å². The van der Waals surface area contributed by atoms with Gasteiger partial charge in [0.1, 0.15) is 23.7 Å². The molecule has 2 heterocycles. The predicted molar refractivity (Wildman–Crippen MR) is 133 cm³/mol. The van der Waals surface area contributed by atoms with Crippen molar-refractivity contribution in [3.8, 4) is 11.5 Å². The average Bonchev–Trinajstić information content (AvgIpc) is 3.47. The number of hydrogen-bond acceptors (Lipinski definition) is 8. The minimum atomic E-state index is -0.574. The van der Waals surface area contributed by atoms with Crippen LogP contribution in [0.25, 0.3) is 12.2 Å². The number of rotatable bonds is 10. The lowest BCUT2D eigenvalue weighted by Gasteiger charge is -2.16. The Morgan fingerprint density at radius 2 is 1.11 bits per heavy atom. The maximum atomic E-state index is 12.3. The van der Waals surface area contributed by atoms with Crippen LogP contribution in [0.15, 0.2) is 60.7 Å². The van der Waals surface area contributed by atoms with Gasteiger partial charge in [-0.1, -0.05) is 24.3 Å². The Morgan fingerprint density at radius 3 is 1.47 bits per heavy atom. The van der Waals surface area contributed by atoms with Crippen LogP contribution in [0.3, 0.4) is 0 Å². The molecule has 2 aliphatic heterocycles. The summed E-state index contributed by atoms with van der Waals surface area (Å²) in [4.78, 5) is 24.6. The lowest BCUT2D eigenvalue weighted by atomic mass is 10.1. The fourth-order valence-electron chi connectivity index (χ4n) is 4.02. The maximum Gasteiger partial charge on any atom is 0.331 e. The third-order valence-corrected chi connectivity index (χ3v) is 5.70. The zero-order chi connectivity index (χ0) is 25.3. The second-order valence-corrected chi connectivity index (χ2v) is 8.22. The van der Waals surface area contributed by atoms with E-state index in [1.165, 1.54) is 12.2 Å². The molecule has 2 aliphatic rings. The fourth-order valence-corrected chi connectivity index (χ4v) is 4.02. The number of esters is 2. The minimum absolute atomic E-state index is 0.175. The molecule has 190 valence electrons. The van der Waals surface area contributed by atoms with E-state index in [1.54, 1.807) is 12.2 Å². The van der Waals surface area contributed by atoms with Crippen LogP contribution in [0.2, 0.25) is 0 Å². The highest BCUT2D eigenvalue weighted by Gasteiger charge is 2.51. The van der Waals surface area contributed by atoms with E-state index >= 15 is 0 Å². The van der Waals surface area contributed by atoms with Gasteiger partial charge in [0, 0.05) is 12.2 Å². The van der Waals surface area contributed by atoms with E-state index in [9.17, 15) is 9.59 Å². The van der Waals surface area contributed by atoms with Crippen LogP contribution >= 0.6 is 0 Å². The molecule has 2 fully saturated rings. The number of carbonyl (C=O) groups excluding carboxylic acids is 2. The summed E-state index contributed by atoms with van der Waals surface area (Å²) >= 11 is 0. The van der Waals surface area contributed by atoms with E-state index in [4.69, 9.17) is 28.4 Å². The molecule has 8 nitrogen and oxygen atoms in total. The maximum absolute atomic E-state index is 12.3. The molecule has 0 radical (unpaired) electrons. The normalized spacial score (nSPS) is 23.1. The first-order chi connectivity index (χ1) is 17.6. The summed E-state index contributed by atoms with van der Waals surface area (Å²) in [5.41, 5.74) is 1.69. The molecule has 0 spiro atoms. The minimum Gasteiger partial charge on any atom is -0.494 e. The Labute approximate surface area is 210 Å². The van der Waals surface area contributed by atoms with E-state index in [2.05, 4.69) is 0 Å². The van der Waals surface area contributed by atoms with Crippen molar-refractivity contribution in [2.45, 2.75) is 38.3 Å². The number of carbonyl (C=O) groups is 2. The van der Waals surface area contributed by atoms with Crippen molar-refractivity contribution in [1.29, 1.82) is 0 Å². The van der Waals surface area contributed by atoms with Gasteiger partial charge in [-0.15, -0.1) is 0 Å². The molecule has 8 heteroatoms. The van der Waals surface area contributed by atoms with Crippen LogP contribution in [-0.4, -0.2) is 62.8 Å². The van der Waals surface area contributed by atoms with Crippen molar-refractivity contribution < 1.29 is 38.0 Å². The zero-order valence-electron chi connectivity index (χ0n) is 20.3. The molecule has 4 rings (SSSR count). The van der Waals surface area contributed by atoms with Crippen molar-refractivity contribution >= 4 is 24.1 Å². The molecule has 2 aromatic carbocycles. The first-order valence-electron chi connectivity index (χ1n) is 12.0. The van der Waals surface area contributed by atoms with Gasteiger partial charge < -0.3 is 28.4 Å². The topological polar surface area (TPSA) is 89.5 Å². The van der Waals surface area contributed by atoms with Crippen molar-refractivity contribution in [2.75, 3.05) is 26.4 Å². The monoisotopic (exact) mass is 494 g/mol. The molecule has 0 bridgehead atoms. The van der Waals surface area contributed by atoms with Gasteiger partial charge in [-0.05, 0) is 61.4 Å². The largest absolute Gasteiger partial charge is 0.494 e. The summed E-state index contributed by atoms with van der Waals surface area (Å²) in [6, 6.07) is 14.8. The van der Waals surface area contributed by atoms with E-state index in [1.807, 2.05) is 62.4 Å². The average molecular weight is 495 g/mol. The predicted octanol–water partition coefficient (Wildman–Crippen LogP) is 3.83. The van der Waals surface area contributed by atoms with Gasteiger partial charge in [0.2, 0.25) is 0 Å². The molecule has 0 N–H and O–H groups in total. The highest BCUT2D eigenvalue weighted by Crippen LogP contribution is 2.31. The third-order valence-electron chi connectivity index (χ3n) is 5.70. The second-order valence-electron chi connectivity index (χ2n) is 8.22. The first kappa shape index (κ1) is 25.5. The summed E-state index contributed by atoms with van der Waals surface area (Å²) in [6.07, 6.45) is 3.94. The number of benzene rings is 2. The van der Waals surface area contributed by atoms with Gasteiger partial charge in [0.05, 0.1) is 26.4 Å². The summed E-state index contributed by atoms with van der Waals surface area (Å²) in [5, 5.41) is 0. The van der Waals surface area contributed by atoms with Crippen molar-refractivity contribution in [1.82, 2.24) is 0 Å². The molecule has 4 atom stereocenters. The lowest BCUT2D eigenvalue weighted by Crippen LogP contribution is -2.35. The second kappa shape index (κ2) is 12.4.